The average Bonchev–Trinajstić information content (AvgIpc) is 2.53. The van der Waals surface area contributed by atoms with Gasteiger partial charge in [0.15, 0.2) is 0 Å². The summed E-state index contributed by atoms with van der Waals surface area (Å²) < 4.78 is 15.6. The zero-order chi connectivity index (χ0) is 17.4. The number of nitrogens with zero attached hydrogens (tertiary/aromatic N) is 1. The fraction of sp³-hybridized carbons (Fsp3) is 0.400. The van der Waals surface area contributed by atoms with E-state index in [1.165, 1.54) is 27.5 Å². The Morgan fingerprint density at radius 1 is 1.04 bits per heavy atom. The molecule has 2 N–H and O–H groups in total. The maximum atomic E-state index is 11.6. The smallest absolute Gasteiger partial charge is 0.329 e. The van der Waals surface area contributed by atoms with E-state index in [9.17, 15) is 9.59 Å². The molecule has 0 unspecified atom stereocenters. The van der Waals surface area contributed by atoms with Crippen LogP contribution < -0.4 is 25.0 Å². The molecule has 0 radical (unpaired) electrons. The second-order valence-electron chi connectivity index (χ2n) is 4.77. The fourth-order valence-corrected chi connectivity index (χ4v) is 1.69. The van der Waals surface area contributed by atoms with Gasteiger partial charge in [0, 0.05) is 18.2 Å². The van der Waals surface area contributed by atoms with Crippen LogP contribution in [0.4, 0.5) is 0 Å². The molecule has 0 aliphatic rings. The zero-order valence-electron chi connectivity index (χ0n) is 13.8. The van der Waals surface area contributed by atoms with Crippen LogP contribution in [-0.2, 0) is 9.59 Å². The van der Waals surface area contributed by atoms with Gasteiger partial charge in [0.2, 0.25) is 0 Å². The minimum absolute atomic E-state index is 0.140. The predicted molar refractivity (Wildman–Crippen MR) is 85.1 cm³/mol. The van der Waals surface area contributed by atoms with Gasteiger partial charge in [0.05, 0.1) is 33.1 Å². The van der Waals surface area contributed by atoms with Gasteiger partial charge in [-0.2, -0.15) is 5.10 Å². The highest BCUT2D eigenvalue weighted by molar-refractivity contribution is 6.35. The van der Waals surface area contributed by atoms with E-state index in [-0.39, 0.29) is 6.04 Å². The van der Waals surface area contributed by atoms with Crippen LogP contribution >= 0.6 is 0 Å². The van der Waals surface area contributed by atoms with E-state index in [1.807, 2.05) is 0 Å². The summed E-state index contributed by atoms with van der Waals surface area (Å²) in [6.07, 6.45) is 1.33. The number of carbonyl (C=O) groups excluding carboxylic acids is 2. The van der Waals surface area contributed by atoms with Gasteiger partial charge < -0.3 is 19.5 Å². The van der Waals surface area contributed by atoms with Gasteiger partial charge in [-0.3, -0.25) is 9.59 Å². The van der Waals surface area contributed by atoms with Crippen molar-refractivity contribution >= 4 is 18.0 Å². The molecule has 8 nitrogen and oxygen atoms in total. The number of carbonyl (C=O) groups is 2. The Bertz CT molecular complexity index is 574. The first-order valence-corrected chi connectivity index (χ1v) is 6.86. The Morgan fingerprint density at radius 2 is 1.61 bits per heavy atom. The van der Waals surface area contributed by atoms with Crippen molar-refractivity contribution in [1.82, 2.24) is 10.7 Å². The summed E-state index contributed by atoms with van der Waals surface area (Å²) in [5.74, 6) is -0.167. The largest absolute Gasteiger partial charge is 0.496 e. The van der Waals surface area contributed by atoms with Gasteiger partial charge >= 0.3 is 11.8 Å². The molecule has 0 heterocycles. The molecule has 0 saturated carbocycles. The third-order valence-electron chi connectivity index (χ3n) is 2.74. The molecular formula is C15H21N3O5. The standard InChI is InChI=1S/C15H21N3O5/c1-9(2)17-14(19)15(20)18-16-8-11-12(22-4)6-10(21-3)7-13(11)23-5/h6-9H,1-5H3,(H,17,19)(H,18,20)/b16-8-. The minimum Gasteiger partial charge on any atom is -0.496 e. The molecule has 0 fully saturated rings. The van der Waals surface area contributed by atoms with Gasteiger partial charge in [-0.25, -0.2) is 5.43 Å². The predicted octanol–water partition coefficient (Wildman–Crippen LogP) is 0.687. The van der Waals surface area contributed by atoms with Gasteiger partial charge in [0.1, 0.15) is 17.2 Å². The van der Waals surface area contributed by atoms with E-state index < -0.39 is 11.8 Å². The maximum Gasteiger partial charge on any atom is 0.329 e. The van der Waals surface area contributed by atoms with Crippen molar-refractivity contribution in [2.45, 2.75) is 19.9 Å². The van der Waals surface area contributed by atoms with Crippen LogP contribution in [0.5, 0.6) is 17.2 Å². The molecule has 1 rings (SSSR count). The highest BCUT2D eigenvalue weighted by atomic mass is 16.5. The van der Waals surface area contributed by atoms with Crippen LogP contribution in [-0.4, -0.2) is 45.4 Å². The van der Waals surface area contributed by atoms with Crippen molar-refractivity contribution in [1.29, 1.82) is 0 Å². The molecule has 1 aromatic rings. The van der Waals surface area contributed by atoms with E-state index >= 15 is 0 Å². The van der Waals surface area contributed by atoms with Crippen molar-refractivity contribution in [2.24, 2.45) is 5.10 Å². The van der Waals surface area contributed by atoms with Gasteiger partial charge in [0.25, 0.3) is 0 Å². The number of nitrogens with one attached hydrogen (secondary N) is 2. The zero-order valence-corrected chi connectivity index (χ0v) is 13.8. The normalized spacial score (nSPS) is 10.5. The molecule has 0 atom stereocenters. The minimum atomic E-state index is -0.860. The van der Waals surface area contributed by atoms with Gasteiger partial charge in [-0.15, -0.1) is 0 Å². The second kappa shape index (κ2) is 8.62. The molecule has 0 aromatic heterocycles. The Morgan fingerprint density at radius 3 is 2.04 bits per heavy atom. The molecule has 1 aromatic carbocycles. The van der Waals surface area contributed by atoms with Gasteiger partial charge in [-0.1, -0.05) is 0 Å². The molecule has 2 amide bonds. The first kappa shape index (κ1) is 18.3. The number of ether oxygens (including phenoxy) is 3. The number of hydrazone groups is 1. The Kier molecular flexibility index (Phi) is 6.85. The van der Waals surface area contributed by atoms with Crippen LogP contribution in [0, 0.1) is 0 Å². The third kappa shape index (κ3) is 5.17. The van der Waals surface area contributed by atoms with Crippen LogP contribution in [0.15, 0.2) is 17.2 Å². The van der Waals surface area contributed by atoms with Crippen molar-refractivity contribution in [2.75, 3.05) is 21.3 Å². The monoisotopic (exact) mass is 323 g/mol. The van der Waals surface area contributed by atoms with Crippen molar-refractivity contribution in [3.05, 3.63) is 17.7 Å². The summed E-state index contributed by atoms with van der Waals surface area (Å²) in [5.41, 5.74) is 2.64. The molecule has 0 spiro atoms. The van der Waals surface area contributed by atoms with Crippen molar-refractivity contribution < 1.29 is 23.8 Å². The van der Waals surface area contributed by atoms with Crippen LogP contribution in [0.3, 0.4) is 0 Å². The Labute approximate surface area is 134 Å². The van der Waals surface area contributed by atoms with Gasteiger partial charge in [-0.05, 0) is 13.8 Å². The van der Waals surface area contributed by atoms with Crippen LogP contribution in [0.2, 0.25) is 0 Å². The van der Waals surface area contributed by atoms with E-state index in [4.69, 9.17) is 14.2 Å². The molecule has 23 heavy (non-hydrogen) atoms. The number of hydrogen-bond acceptors (Lipinski definition) is 6. The first-order valence-electron chi connectivity index (χ1n) is 6.86. The van der Waals surface area contributed by atoms with Crippen molar-refractivity contribution in [3.63, 3.8) is 0 Å². The Hall–Kier alpha value is -2.77. The van der Waals surface area contributed by atoms with E-state index in [0.717, 1.165) is 0 Å². The number of benzene rings is 1. The number of hydrogen-bond donors (Lipinski definition) is 2. The maximum absolute atomic E-state index is 11.6. The number of rotatable bonds is 6. The summed E-state index contributed by atoms with van der Waals surface area (Å²) in [7, 11) is 4.50. The van der Waals surface area contributed by atoms with E-state index in [1.54, 1.807) is 26.0 Å². The lowest BCUT2D eigenvalue weighted by molar-refractivity contribution is -0.139. The topological polar surface area (TPSA) is 98.3 Å². The molecule has 8 heteroatoms. The fourth-order valence-electron chi connectivity index (χ4n) is 1.69. The summed E-state index contributed by atoms with van der Waals surface area (Å²) >= 11 is 0. The summed E-state index contributed by atoms with van der Waals surface area (Å²) in [4.78, 5) is 23.0. The lowest BCUT2D eigenvalue weighted by Gasteiger charge is -2.12. The summed E-state index contributed by atoms with van der Waals surface area (Å²) in [6, 6.07) is 3.16. The summed E-state index contributed by atoms with van der Waals surface area (Å²) in [5, 5.41) is 6.22. The summed E-state index contributed by atoms with van der Waals surface area (Å²) in [6.45, 7) is 3.50. The molecule has 0 aliphatic carbocycles. The quantitative estimate of drug-likeness (QED) is 0.456. The number of amides is 2. The molecule has 0 aliphatic heterocycles. The molecule has 126 valence electrons. The lowest BCUT2D eigenvalue weighted by Crippen LogP contribution is -2.41. The molecule has 0 saturated heterocycles. The van der Waals surface area contributed by atoms with Crippen LogP contribution in [0.25, 0.3) is 0 Å². The van der Waals surface area contributed by atoms with E-state index in [2.05, 4.69) is 15.8 Å². The molecular weight excluding hydrogens is 302 g/mol. The Balaban J connectivity index is 2.91. The van der Waals surface area contributed by atoms with Crippen molar-refractivity contribution in [3.8, 4) is 17.2 Å². The van der Waals surface area contributed by atoms with E-state index in [0.29, 0.717) is 22.8 Å². The second-order valence-corrected chi connectivity index (χ2v) is 4.77. The third-order valence-corrected chi connectivity index (χ3v) is 2.74. The average molecular weight is 323 g/mol. The molecule has 0 bridgehead atoms. The first-order chi connectivity index (χ1) is 10.9. The highest BCUT2D eigenvalue weighted by Gasteiger charge is 2.14. The number of methoxy groups -OCH3 is 3. The highest BCUT2D eigenvalue weighted by Crippen LogP contribution is 2.32. The van der Waals surface area contributed by atoms with Crippen LogP contribution in [0.1, 0.15) is 19.4 Å². The lowest BCUT2D eigenvalue weighted by atomic mass is 10.2. The SMILES string of the molecule is COc1cc(OC)c(/C=N\NC(=O)C(=O)NC(C)C)c(OC)c1.